The molecule has 2 fully saturated rings. The molecule has 0 spiro atoms. The average Bonchev–Trinajstić information content (AvgIpc) is 3.85. The smallest absolute Gasteiger partial charge is 0.427 e. The van der Waals surface area contributed by atoms with Gasteiger partial charge in [0.15, 0.2) is 10.6 Å². The fourth-order valence-corrected chi connectivity index (χ4v) is 6.79. The zero-order valence-electron chi connectivity index (χ0n) is 36.3. The molecule has 356 valence electrons. The number of carbonyl (C=O) groups excluding carboxylic acids is 4. The highest BCUT2D eigenvalue weighted by Crippen LogP contribution is 2.38. The molecule has 2 aromatic rings. The van der Waals surface area contributed by atoms with Gasteiger partial charge in [-0.2, -0.15) is 0 Å². The van der Waals surface area contributed by atoms with Crippen LogP contribution < -0.4 is 19.9 Å². The van der Waals surface area contributed by atoms with Gasteiger partial charge in [0, 0.05) is 25.8 Å². The fourth-order valence-electron chi connectivity index (χ4n) is 5.77. The number of anilines is 2. The molecule has 1 saturated carbocycles. The highest BCUT2D eigenvalue weighted by atomic mass is 35.5. The van der Waals surface area contributed by atoms with E-state index >= 15 is 0 Å². The predicted molar refractivity (Wildman–Crippen MR) is 247 cm³/mol. The second kappa shape index (κ2) is 29.5. The lowest BCUT2D eigenvalue weighted by atomic mass is 10.0. The highest BCUT2D eigenvalue weighted by Gasteiger charge is 2.40. The van der Waals surface area contributed by atoms with Crippen LogP contribution in [0.3, 0.4) is 0 Å². The Kier molecular flexibility index (Phi) is 26.7. The molecular weight excluding hydrogens is 944 g/mol. The van der Waals surface area contributed by atoms with Crippen LogP contribution in [-0.2, 0) is 39.6 Å². The SMILES string of the molecule is C=CCN(CC=C)C(=O)C(Cl)Cl.CC(C)=C1OC(=O)N(c2cc(OC3CCCC3)c(Cl)cc2F)C1=O.CCOCN(C(=O)CCl)c1c(C)cccc1CC.O=C(O)CNCP(=O)(O)O. The van der Waals surface area contributed by atoms with Gasteiger partial charge in [0.1, 0.15) is 24.2 Å². The number of halogens is 5. The molecule has 2 aromatic carbocycles. The lowest BCUT2D eigenvalue weighted by Crippen LogP contribution is -2.35. The van der Waals surface area contributed by atoms with E-state index < -0.39 is 49.0 Å². The molecule has 1 aliphatic heterocycles. The molecule has 0 bridgehead atoms. The summed E-state index contributed by atoms with van der Waals surface area (Å²) < 4.78 is 40.5. The lowest BCUT2D eigenvalue weighted by molar-refractivity contribution is -0.136. The summed E-state index contributed by atoms with van der Waals surface area (Å²) in [6.07, 6.45) is 6.49. The van der Waals surface area contributed by atoms with Crippen molar-refractivity contribution < 1.29 is 62.0 Å². The number of allylic oxidation sites excluding steroid dienone is 1. The first-order valence-corrected chi connectivity index (χ1v) is 23.3. The maximum atomic E-state index is 14.3. The molecule has 0 unspecified atom stereocenters. The number of carbonyl (C=O) groups is 5. The Hall–Kier alpha value is -4.03. The molecule has 1 aliphatic carbocycles. The maximum Gasteiger partial charge on any atom is 0.427 e. The van der Waals surface area contributed by atoms with Crippen molar-refractivity contribution in [3.05, 3.63) is 88.9 Å². The number of imide groups is 1. The lowest BCUT2D eigenvalue weighted by Gasteiger charge is -2.25. The van der Waals surface area contributed by atoms with Gasteiger partial charge in [-0.15, -0.1) is 24.8 Å². The Balaban J connectivity index is 0.000000454. The van der Waals surface area contributed by atoms with Gasteiger partial charge in [0.25, 0.3) is 5.91 Å². The van der Waals surface area contributed by atoms with Crippen LogP contribution in [0, 0.1) is 12.7 Å². The first kappa shape index (κ1) is 58.0. The van der Waals surface area contributed by atoms with Crippen molar-refractivity contribution in [2.75, 3.05) is 54.9 Å². The number of benzene rings is 2. The average molecular weight is 1000 g/mol. The second-order valence-corrected chi connectivity index (χ2v) is 17.3. The molecule has 1 saturated heterocycles. The first-order chi connectivity index (χ1) is 30.1. The third kappa shape index (κ3) is 19.6. The summed E-state index contributed by atoms with van der Waals surface area (Å²) in [5.41, 5.74) is 3.44. The van der Waals surface area contributed by atoms with E-state index in [0.717, 1.165) is 55.0 Å². The Morgan fingerprint density at radius 1 is 1.09 bits per heavy atom. The summed E-state index contributed by atoms with van der Waals surface area (Å²) in [7, 11) is -4.10. The molecule has 16 nitrogen and oxygen atoms in total. The number of rotatable bonds is 18. The van der Waals surface area contributed by atoms with Gasteiger partial charge < -0.3 is 34.0 Å². The van der Waals surface area contributed by atoms with Crippen molar-refractivity contribution in [1.82, 2.24) is 10.2 Å². The predicted octanol–water partition coefficient (Wildman–Crippen LogP) is 8.49. The number of alkyl halides is 3. The van der Waals surface area contributed by atoms with Crippen LogP contribution in [0.25, 0.3) is 0 Å². The van der Waals surface area contributed by atoms with Gasteiger partial charge in [0.05, 0.1) is 35.3 Å². The van der Waals surface area contributed by atoms with E-state index in [1.807, 2.05) is 32.0 Å². The normalized spacial score (nSPS) is 13.4. The zero-order chi connectivity index (χ0) is 48.7. The van der Waals surface area contributed by atoms with E-state index in [9.17, 15) is 32.9 Å². The molecule has 2 aliphatic rings. The Morgan fingerprint density at radius 3 is 2.17 bits per heavy atom. The van der Waals surface area contributed by atoms with Crippen molar-refractivity contribution in [1.29, 1.82) is 0 Å². The van der Waals surface area contributed by atoms with Gasteiger partial charge in [-0.05, 0) is 82.6 Å². The summed E-state index contributed by atoms with van der Waals surface area (Å²) in [6, 6.07) is 8.35. The van der Waals surface area contributed by atoms with E-state index in [2.05, 4.69) is 25.4 Å². The van der Waals surface area contributed by atoms with Crippen LogP contribution in [0.2, 0.25) is 5.02 Å². The fraction of sp³-hybridized carbons (Fsp3) is 0.452. The summed E-state index contributed by atoms with van der Waals surface area (Å²) in [4.78, 5) is 76.4. The number of carboxylic acids is 1. The second-order valence-electron chi connectivity index (χ2n) is 13.9. The van der Waals surface area contributed by atoms with Crippen molar-refractivity contribution >= 4 is 95.2 Å². The number of hydrogen-bond donors (Lipinski definition) is 4. The zero-order valence-corrected chi connectivity index (χ0v) is 40.2. The number of nitrogens with one attached hydrogen (secondary N) is 1. The molecule has 22 heteroatoms. The first-order valence-electron chi connectivity index (χ1n) is 19.8. The number of carboxylic acid groups (broad SMARTS) is 1. The van der Waals surface area contributed by atoms with Crippen LogP contribution in [0.15, 0.2) is 67.0 Å². The molecule has 0 radical (unpaired) electrons. The summed E-state index contributed by atoms with van der Waals surface area (Å²) in [5, 5.41) is 10.2. The third-order valence-corrected chi connectivity index (χ3v) is 10.2. The van der Waals surface area contributed by atoms with E-state index in [1.165, 1.54) is 11.0 Å². The van der Waals surface area contributed by atoms with Crippen LogP contribution in [0.5, 0.6) is 5.75 Å². The molecule has 64 heavy (non-hydrogen) atoms. The van der Waals surface area contributed by atoms with E-state index in [1.54, 1.807) is 30.9 Å². The van der Waals surface area contributed by atoms with Crippen molar-refractivity contribution in [2.24, 2.45) is 0 Å². The topological polar surface area (TPSA) is 213 Å². The molecule has 0 atom stereocenters. The number of para-hydroxylation sites is 1. The molecule has 0 aromatic heterocycles. The minimum atomic E-state index is -4.10. The van der Waals surface area contributed by atoms with E-state index in [0.29, 0.717) is 30.2 Å². The quantitative estimate of drug-likeness (QED) is 0.0363. The summed E-state index contributed by atoms with van der Waals surface area (Å²) >= 11 is 22.5. The third-order valence-electron chi connectivity index (χ3n) is 8.66. The largest absolute Gasteiger partial charge is 0.489 e. The molecule has 4 N–H and O–H groups in total. The van der Waals surface area contributed by atoms with Gasteiger partial charge in [-0.25, -0.2) is 14.1 Å². The summed E-state index contributed by atoms with van der Waals surface area (Å²) in [5.74, 6) is -2.96. The van der Waals surface area contributed by atoms with Crippen LogP contribution in [-0.4, -0.2) is 106 Å². The van der Waals surface area contributed by atoms with E-state index in [-0.39, 0.29) is 52.7 Å². The van der Waals surface area contributed by atoms with Gasteiger partial charge in [0.2, 0.25) is 5.91 Å². The monoisotopic (exact) mass is 998 g/mol. The molecular formula is C42H56Cl4FN4O12P. The maximum absolute atomic E-state index is 14.3. The van der Waals surface area contributed by atoms with Crippen molar-refractivity contribution in [3.8, 4) is 5.75 Å². The number of nitrogens with zero attached hydrogens (tertiary/aromatic N) is 3. The number of ether oxygens (including phenoxy) is 3. The van der Waals surface area contributed by atoms with Crippen LogP contribution in [0.4, 0.5) is 20.6 Å². The van der Waals surface area contributed by atoms with E-state index in [4.69, 9.17) is 75.5 Å². The summed E-state index contributed by atoms with van der Waals surface area (Å²) in [6.45, 7) is 17.5. The Bertz CT molecular complexity index is 2000. The van der Waals surface area contributed by atoms with Crippen LogP contribution >= 0.6 is 54.0 Å². The van der Waals surface area contributed by atoms with Gasteiger partial charge in [-0.1, -0.05) is 72.1 Å². The molecule has 4 amide bonds. The number of amides is 4. The number of cyclic esters (lactones) is 1. The highest BCUT2D eigenvalue weighted by molar-refractivity contribution is 7.51. The van der Waals surface area contributed by atoms with Gasteiger partial charge >= 0.3 is 25.6 Å². The molecule has 1 heterocycles. The Morgan fingerprint density at radius 2 is 1.70 bits per heavy atom. The number of hydrogen-bond acceptors (Lipinski definition) is 10. The van der Waals surface area contributed by atoms with Gasteiger partial charge in [-0.3, -0.25) is 34.0 Å². The van der Waals surface area contributed by atoms with Crippen molar-refractivity contribution in [2.45, 2.75) is 77.7 Å². The van der Waals surface area contributed by atoms with Crippen molar-refractivity contribution in [3.63, 3.8) is 0 Å². The van der Waals surface area contributed by atoms with Crippen LogP contribution in [0.1, 0.15) is 64.5 Å². The standard InChI is InChI=1S/C17H17ClFNO4.C14H20ClNO2.C8H11Cl2NO.C3H8NO5P/c1-9(2)15-16(21)20(17(22)24-15)13-8-14(11(18)7-12(13)19)23-10-5-3-4-6-10;1-4-12-8-6-7-11(3)14(12)16(10-18-5-2)13(17)9-15;1-3-5-11(6-4-2)8(12)7(9)10;5-3(6)1-4-2-10(7,8)9/h7-8,10H,3-6H2,1-2H3;6-8H,4-5,9-10H2,1-3H3;3-4,7H,1-2,5-6H2;4H,1-2H2,(H,5,6)(H2,7,8,9). The minimum absolute atomic E-state index is 0.00962. The minimum Gasteiger partial charge on any atom is -0.489 e. The number of aryl methyl sites for hydroxylation is 2. The Labute approximate surface area is 393 Å². The molecule has 4 rings (SSSR count). The number of aliphatic carboxylic acids is 1.